The Morgan fingerprint density at radius 2 is 2.00 bits per heavy atom. The SMILES string of the molecule is CCCCCCNC(C)CS(C)=O. The third-order valence-corrected chi connectivity index (χ3v) is 2.98. The highest BCUT2D eigenvalue weighted by Crippen LogP contribution is 1.97. The van der Waals surface area contributed by atoms with E-state index >= 15 is 0 Å². The molecular weight excluding hydrogens is 182 g/mol. The molecule has 0 rings (SSSR count). The zero-order chi connectivity index (χ0) is 10.1. The van der Waals surface area contributed by atoms with Crippen LogP contribution < -0.4 is 5.32 Å². The zero-order valence-corrected chi connectivity index (χ0v) is 9.95. The van der Waals surface area contributed by atoms with Crippen LogP contribution in [0.3, 0.4) is 0 Å². The molecular formula is C10H23NOS. The van der Waals surface area contributed by atoms with Gasteiger partial charge in [-0.2, -0.15) is 0 Å². The molecule has 0 aromatic rings. The average Bonchev–Trinajstić information content (AvgIpc) is 2.02. The molecule has 0 saturated carbocycles. The van der Waals surface area contributed by atoms with Crippen molar-refractivity contribution in [2.24, 2.45) is 0 Å². The van der Waals surface area contributed by atoms with Crippen molar-refractivity contribution in [2.75, 3.05) is 18.6 Å². The highest BCUT2D eigenvalue weighted by atomic mass is 32.2. The first-order chi connectivity index (χ1) is 6.16. The second kappa shape index (κ2) is 8.70. The molecule has 80 valence electrons. The fraction of sp³-hybridized carbons (Fsp3) is 1.00. The van der Waals surface area contributed by atoms with Gasteiger partial charge in [0, 0.05) is 28.9 Å². The van der Waals surface area contributed by atoms with Gasteiger partial charge in [-0.15, -0.1) is 0 Å². The molecule has 0 aromatic heterocycles. The van der Waals surface area contributed by atoms with Crippen molar-refractivity contribution in [1.29, 1.82) is 0 Å². The van der Waals surface area contributed by atoms with Crippen LogP contribution in [0.25, 0.3) is 0 Å². The van der Waals surface area contributed by atoms with Crippen LogP contribution in [-0.2, 0) is 10.8 Å². The first-order valence-electron chi connectivity index (χ1n) is 5.20. The molecule has 0 radical (unpaired) electrons. The van der Waals surface area contributed by atoms with Crippen molar-refractivity contribution in [1.82, 2.24) is 5.32 Å². The molecule has 0 heterocycles. The first-order valence-corrected chi connectivity index (χ1v) is 6.93. The van der Waals surface area contributed by atoms with Gasteiger partial charge >= 0.3 is 0 Å². The minimum absolute atomic E-state index is 0.396. The number of unbranched alkanes of at least 4 members (excludes halogenated alkanes) is 3. The smallest absolute Gasteiger partial charge is 0.0383 e. The summed E-state index contributed by atoms with van der Waals surface area (Å²) in [5.41, 5.74) is 0. The van der Waals surface area contributed by atoms with Crippen LogP contribution in [0.1, 0.15) is 39.5 Å². The van der Waals surface area contributed by atoms with Crippen LogP contribution in [0.2, 0.25) is 0 Å². The van der Waals surface area contributed by atoms with Crippen molar-refractivity contribution in [3.63, 3.8) is 0 Å². The molecule has 0 aromatic carbocycles. The fourth-order valence-electron chi connectivity index (χ4n) is 1.31. The molecule has 0 bridgehead atoms. The topological polar surface area (TPSA) is 29.1 Å². The Hall–Kier alpha value is 0.110. The number of nitrogens with one attached hydrogen (secondary N) is 1. The van der Waals surface area contributed by atoms with E-state index in [9.17, 15) is 4.21 Å². The van der Waals surface area contributed by atoms with Gasteiger partial charge in [-0.1, -0.05) is 26.2 Å². The number of hydrogen-bond acceptors (Lipinski definition) is 2. The molecule has 0 aliphatic rings. The van der Waals surface area contributed by atoms with Gasteiger partial charge in [-0.3, -0.25) is 4.21 Å². The first kappa shape index (κ1) is 13.1. The fourth-order valence-corrected chi connectivity index (χ4v) is 2.13. The second-order valence-corrected chi connectivity index (χ2v) is 5.14. The van der Waals surface area contributed by atoms with E-state index in [4.69, 9.17) is 0 Å². The van der Waals surface area contributed by atoms with Gasteiger partial charge in [-0.25, -0.2) is 0 Å². The van der Waals surface area contributed by atoms with Crippen LogP contribution in [-0.4, -0.2) is 28.8 Å². The van der Waals surface area contributed by atoms with E-state index < -0.39 is 10.8 Å². The van der Waals surface area contributed by atoms with Gasteiger partial charge in [0.2, 0.25) is 0 Å². The van der Waals surface area contributed by atoms with Crippen LogP contribution in [0.5, 0.6) is 0 Å². The van der Waals surface area contributed by atoms with Gasteiger partial charge < -0.3 is 5.32 Å². The summed E-state index contributed by atoms with van der Waals surface area (Å²) in [6.07, 6.45) is 6.93. The van der Waals surface area contributed by atoms with Crippen LogP contribution in [0, 0.1) is 0 Å². The maximum absolute atomic E-state index is 10.9. The van der Waals surface area contributed by atoms with Gasteiger partial charge in [0.25, 0.3) is 0 Å². The Bertz CT molecular complexity index is 139. The molecule has 2 unspecified atom stereocenters. The van der Waals surface area contributed by atoms with E-state index in [2.05, 4.69) is 19.2 Å². The van der Waals surface area contributed by atoms with Gasteiger partial charge in [0.05, 0.1) is 0 Å². The molecule has 13 heavy (non-hydrogen) atoms. The Kier molecular flexibility index (Phi) is 8.77. The third-order valence-electron chi connectivity index (χ3n) is 2.01. The average molecular weight is 205 g/mol. The van der Waals surface area contributed by atoms with E-state index in [1.54, 1.807) is 6.26 Å². The zero-order valence-electron chi connectivity index (χ0n) is 9.14. The maximum atomic E-state index is 10.9. The third kappa shape index (κ3) is 10.0. The monoisotopic (exact) mass is 205 g/mol. The number of rotatable bonds is 8. The molecule has 0 saturated heterocycles. The normalized spacial score (nSPS) is 15.6. The van der Waals surface area contributed by atoms with Crippen molar-refractivity contribution in [3.05, 3.63) is 0 Å². The predicted octanol–water partition coefficient (Wildman–Crippen LogP) is 1.92. The van der Waals surface area contributed by atoms with Gasteiger partial charge in [0.1, 0.15) is 0 Å². The Balaban J connectivity index is 3.17. The van der Waals surface area contributed by atoms with Gasteiger partial charge in [-0.05, 0) is 19.9 Å². The lowest BCUT2D eigenvalue weighted by atomic mass is 10.2. The molecule has 0 amide bonds. The largest absolute Gasteiger partial charge is 0.313 e. The quantitative estimate of drug-likeness (QED) is 0.613. The number of hydrogen-bond donors (Lipinski definition) is 1. The summed E-state index contributed by atoms with van der Waals surface area (Å²) in [6.45, 7) is 5.38. The maximum Gasteiger partial charge on any atom is 0.0383 e. The summed E-state index contributed by atoms with van der Waals surface area (Å²) in [6, 6.07) is 0.396. The molecule has 2 atom stereocenters. The van der Waals surface area contributed by atoms with Crippen molar-refractivity contribution in [2.45, 2.75) is 45.6 Å². The standard InChI is InChI=1S/C10H23NOS/c1-4-5-6-7-8-11-10(2)9-13(3)12/h10-11H,4-9H2,1-3H3. The summed E-state index contributed by atoms with van der Waals surface area (Å²) < 4.78 is 10.9. The van der Waals surface area contributed by atoms with Crippen molar-refractivity contribution in [3.8, 4) is 0 Å². The molecule has 2 nitrogen and oxygen atoms in total. The van der Waals surface area contributed by atoms with Gasteiger partial charge in [0.15, 0.2) is 0 Å². The molecule has 0 spiro atoms. The molecule has 0 fully saturated rings. The Labute approximate surface area is 84.9 Å². The Morgan fingerprint density at radius 3 is 2.54 bits per heavy atom. The van der Waals surface area contributed by atoms with Crippen LogP contribution >= 0.6 is 0 Å². The van der Waals surface area contributed by atoms with Crippen molar-refractivity contribution >= 4 is 10.8 Å². The summed E-state index contributed by atoms with van der Waals surface area (Å²) >= 11 is 0. The van der Waals surface area contributed by atoms with E-state index in [0.29, 0.717) is 6.04 Å². The molecule has 0 aliphatic carbocycles. The second-order valence-electron chi connectivity index (χ2n) is 3.66. The molecule has 0 aliphatic heterocycles. The molecule has 3 heteroatoms. The Morgan fingerprint density at radius 1 is 1.31 bits per heavy atom. The highest BCUT2D eigenvalue weighted by molar-refractivity contribution is 7.84. The van der Waals surface area contributed by atoms with Crippen LogP contribution in [0.15, 0.2) is 0 Å². The van der Waals surface area contributed by atoms with E-state index in [0.717, 1.165) is 12.3 Å². The summed E-state index contributed by atoms with van der Waals surface area (Å²) in [5.74, 6) is 0.772. The van der Waals surface area contributed by atoms with Crippen LogP contribution in [0.4, 0.5) is 0 Å². The van der Waals surface area contributed by atoms with Crippen molar-refractivity contribution < 1.29 is 4.21 Å². The van der Waals surface area contributed by atoms with E-state index in [-0.39, 0.29) is 0 Å². The lowest BCUT2D eigenvalue weighted by Gasteiger charge is -2.11. The minimum atomic E-state index is -0.667. The lowest BCUT2D eigenvalue weighted by Crippen LogP contribution is -2.31. The summed E-state index contributed by atoms with van der Waals surface area (Å²) in [4.78, 5) is 0. The predicted molar refractivity (Wildman–Crippen MR) is 60.5 cm³/mol. The lowest BCUT2D eigenvalue weighted by molar-refractivity contribution is 0.547. The minimum Gasteiger partial charge on any atom is -0.313 e. The van der Waals surface area contributed by atoms with E-state index in [1.807, 2.05) is 0 Å². The summed E-state index contributed by atoms with van der Waals surface area (Å²) in [7, 11) is -0.667. The summed E-state index contributed by atoms with van der Waals surface area (Å²) in [5, 5.41) is 3.38. The highest BCUT2D eigenvalue weighted by Gasteiger charge is 2.01. The molecule has 1 N–H and O–H groups in total. The van der Waals surface area contributed by atoms with E-state index in [1.165, 1.54) is 25.7 Å².